The summed E-state index contributed by atoms with van der Waals surface area (Å²) in [5.41, 5.74) is -0.267. The van der Waals surface area contributed by atoms with Gasteiger partial charge in [-0.1, -0.05) is 12.1 Å². The lowest BCUT2D eigenvalue weighted by Gasteiger charge is -2.35. The van der Waals surface area contributed by atoms with Gasteiger partial charge in [0, 0.05) is 19.2 Å². The maximum absolute atomic E-state index is 12.8. The van der Waals surface area contributed by atoms with Crippen molar-refractivity contribution in [2.75, 3.05) is 19.7 Å². The van der Waals surface area contributed by atoms with Gasteiger partial charge in [0.25, 0.3) is 5.91 Å². The molecule has 27 heavy (non-hydrogen) atoms. The molecule has 1 fully saturated rings. The molecule has 2 atom stereocenters. The molecule has 2 rings (SSSR count). The van der Waals surface area contributed by atoms with E-state index < -0.39 is 34.9 Å². The minimum absolute atomic E-state index is 0.0493. The van der Waals surface area contributed by atoms with E-state index in [-0.39, 0.29) is 37.6 Å². The van der Waals surface area contributed by atoms with E-state index in [1.165, 1.54) is 30.0 Å². The van der Waals surface area contributed by atoms with Crippen LogP contribution in [-0.4, -0.2) is 59.4 Å². The molecule has 0 bridgehead atoms. The van der Waals surface area contributed by atoms with E-state index in [9.17, 15) is 24.5 Å². The zero-order chi connectivity index (χ0) is 20.0. The molecule has 1 aromatic carbocycles. The molecule has 0 saturated carbocycles. The predicted molar refractivity (Wildman–Crippen MR) is 92.9 cm³/mol. The van der Waals surface area contributed by atoms with E-state index >= 15 is 0 Å². The standard InChI is InChI=1S/C17H21N3O7/c1-3-26-15(21)10-13-16(22)18-8-9-19(13)17(23)11(2)27-14-7-5-4-6-12(14)20(24)25/h4-7,11,13H,3,8-10H2,1-2H3,(H,18,22)/t11-,13+/m1/s1. The normalized spacial score (nSPS) is 17.6. The van der Waals surface area contributed by atoms with Gasteiger partial charge in [0.15, 0.2) is 11.9 Å². The highest BCUT2D eigenvalue weighted by Crippen LogP contribution is 2.27. The van der Waals surface area contributed by atoms with Gasteiger partial charge in [0.1, 0.15) is 6.04 Å². The molecule has 1 heterocycles. The summed E-state index contributed by atoms with van der Waals surface area (Å²) in [7, 11) is 0. The number of para-hydroxylation sites is 2. The van der Waals surface area contributed by atoms with Crippen molar-refractivity contribution >= 4 is 23.5 Å². The maximum Gasteiger partial charge on any atom is 0.310 e. The molecule has 0 aromatic heterocycles. The number of hydrogen-bond acceptors (Lipinski definition) is 7. The number of amides is 2. The molecule has 10 heteroatoms. The number of esters is 1. The van der Waals surface area contributed by atoms with Crippen LogP contribution in [0.5, 0.6) is 5.75 Å². The van der Waals surface area contributed by atoms with Gasteiger partial charge in [-0.05, 0) is 19.9 Å². The number of ether oxygens (including phenoxy) is 2. The third kappa shape index (κ3) is 4.93. The maximum atomic E-state index is 12.8. The third-order valence-electron chi connectivity index (χ3n) is 3.99. The summed E-state index contributed by atoms with van der Waals surface area (Å²) in [4.78, 5) is 48.4. The number of rotatable bonds is 7. The average Bonchev–Trinajstić information content (AvgIpc) is 2.63. The first-order valence-corrected chi connectivity index (χ1v) is 8.49. The first kappa shape index (κ1) is 20.1. The number of nitrogens with zero attached hydrogens (tertiary/aromatic N) is 2. The van der Waals surface area contributed by atoms with Crippen LogP contribution in [-0.2, 0) is 19.1 Å². The van der Waals surface area contributed by atoms with E-state index in [1.54, 1.807) is 13.0 Å². The average molecular weight is 379 g/mol. The van der Waals surface area contributed by atoms with E-state index in [2.05, 4.69) is 5.32 Å². The van der Waals surface area contributed by atoms with Crippen LogP contribution in [0.2, 0.25) is 0 Å². The van der Waals surface area contributed by atoms with Gasteiger partial charge in [0.2, 0.25) is 5.91 Å². The van der Waals surface area contributed by atoms with E-state index in [0.717, 1.165) is 0 Å². The molecule has 1 aromatic rings. The van der Waals surface area contributed by atoms with Crippen molar-refractivity contribution in [1.82, 2.24) is 10.2 Å². The second kappa shape index (κ2) is 8.97. The molecular weight excluding hydrogens is 358 g/mol. The minimum Gasteiger partial charge on any atom is -0.474 e. The number of nitro benzene ring substituents is 1. The zero-order valence-electron chi connectivity index (χ0n) is 15.0. The number of hydrogen-bond donors (Lipinski definition) is 1. The smallest absolute Gasteiger partial charge is 0.310 e. The first-order chi connectivity index (χ1) is 12.8. The number of carbonyl (C=O) groups excluding carboxylic acids is 3. The molecule has 1 saturated heterocycles. The molecule has 1 N–H and O–H groups in total. The molecule has 1 aliphatic rings. The van der Waals surface area contributed by atoms with Crippen molar-refractivity contribution in [2.24, 2.45) is 0 Å². The topological polar surface area (TPSA) is 128 Å². The Labute approximate surface area is 155 Å². The van der Waals surface area contributed by atoms with Crippen LogP contribution < -0.4 is 10.1 Å². The fourth-order valence-corrected chi connectivity index (χ4v) is 2.74. The lowest BCUT2D eigenvalue weighted by molar-refractivity contribution is -0.386. The Morgan fingerprint density at radius 2 is 2.11 bits per heavy atom. The Morgan fingerprint density at radius 3 is 2.78 bits per heavy atom. The molecule has 0 radical (unpaired) electrons. The van der Waals surface area contributed by atoms with Crippen LogP contribution in [0.25, 0.3) is 0 Å². The van der Waals surface area contributed by atoms with Crippen LogP contribution in [0.4, 0.5) is 5.69 Å². The highest BCUT2D eigenvalue weighted by molar-refractivity contribution is 5.93. The third-order valence-corrected chi connectivity index (χ3v) is 3.99. The Hall–Kier alpha value is -3.17. The summed E-state index contributed by atoms with van der Waals surface area (Å²) in [6.45, 7) is 3.68. The first-order valence-electron chi connectivity index (χ1n) is 8.49. The van der Waals surface area contributed by atoms with Crippen molar-refractivity contribution in [3.05, 3.63) is 34.4 Å². The lowest BCUT2D eigenvalue weighted by atomic mass is 10.1. The number of nitrogens with one attached hydrogen (secondary N) is 1. The summed E-state index contributed by atoms with van der Waals surface area (Å²) in [5.74, 6) is -1.64. The minimum atomic E-state index is -1.08. The fourth-order valence-electron chi connectivity index (χ4n) is 2.74. The Morgan fingerprint density at radius 1 is 1.41 bits per heavy atom. The zero-order valence-corrected chi connectivity index (χ0v) is 15.0. The van der Waals surface area contributed by atoms with Gasteiger partial charge in [-0.15, -0.1) is 0 Å². The van der Waals surface area contributed by atoms with Gasteiger partial charge >= 0.3 is 11.7 Å². The quantitative estimate of drug-likeness (QED) is 0.418. The van der Waals surface area contributed by atoms with Crippen LogP contribution in [0, 0.1) is 10.1 Å². The van der Waals surface area contributed by atoms with Crippen molar-refractivity contribution in [3.63, 3.8) is 0 Å². The molecule has 0 spiro atoms. The van der Waals surface area contributed by atoms with Gasteiger partial charge in [-0.25, -0.2) is 0 Å². The van der Waals surface area contributed by atoms with Gasteiger partial charge in [-0.3, -0.25) is 24.5 Å². The van der Waals surface area contributed by atoms with Crippen molar-refractivity contribution in [3.8, 4) is 5.75 Å². The number of nitro groups is 1. The molecular formula is C17H21N3O7. The van der Waals surface area contributed by atoms with Crippen LogP contribution in [0.1, 0.15) is 20.3 Å². The summed E-state index contributed by atoms with van der Waals surface area (Å²) < 4.78 is 10.3. The number of piperazine rings is 1. The van der Waals surface area contributed by atoms with Crippen LogP contribution in [0.3, 0.4) is 0 Å². The summed E-state index contributed by atoms with van der Waals surface area (Å²) in [6, 6.07) is 4.69. The summed E-state index contributed by atoms with van der Waals surface area (Å²) in [5, 5.41) is 13.7. The molecule has 2 amide bonds. The van der Waals surface area contributed by atoms with Gasteiger partial charge < -0.3 is 19.7 Å². The van der Waals surface area contributed by atoms with Crippen molar-refractivity contribution in [2.45, 2.75) is 32.4 Å². The predicted octanol–water partition coefficient (Wildman–Crippen LogP) is 0.642. The second-order valence-corrected chi connectivity index (χ2v) is 5.83. The number of benzene rings is 1. The Balaban J connectivity index is 2.14. The highest BCUT2D eigenvalue weighted by atomic mass is 16.6. The van der Waals surface area contributed by atoms with E-state index in [1.807, 2.05) is 0 Å². The molecule has 0 aliphatic carbocycles. The van der Waals surface area contributed by atoms with Crippen molar-refractivity contribution < 1.29 is 28.8 Å². The summed E-state index contributed by atoms with van der Waals surface area (Å²) >= 11 is 0. The highest BCUT2D eigenvalue weighted by Gasteiger charge is 2.37. The lowest BCUT2D eigenvalue weighted by Crippen LogP contribution is -2.60. The van der Waals surface area contributed by atoms with E-state index in [4.69, 9.17) is 9.47 Å². The van der Waals surface area contributed by atoms with E-state index in [0.29, 0.717) is 0 Å². The SMILES string of the molecule is CCOC(=O)C[C@H]1C(=O)NCCN1C(=O)[C@@H](C)Oc1ccccc1[N+](=O)[O-]. The molecule has 146 valence electrons. The fraction of sp³-hybridized carbons (Fsp3) is 0.471. The summed E-state index contributed by atoms with van der Waals surface area (Å²) in [6.07, 6.45) is -1.36. The Bertz CT molecular complexity index is 737. The molecule has 0 unspecified atom stereocenters. The largest absolute Gasteiger partial charge is 0.474 e. The van der Waals surface area contributed by atoms with Crippen LogP contribution in [0.15, 0.2) is 24.3 Å². The molecule has 1 aliphatic heterocycles. The molecule has 10 nitrogen and oxygen atoms in total. The number of carbonyl (C=O) groups is 3. The van der Waals surface area contributed by atoms with Crippen molar-refractivity contribution in [1.29, 1.82) is 0 Å². The van der Waals surface area contributed by atoms with Gasteiger partial charge in [0.05, 0.1) is 18.0 Å². The van der Waals surface area contributed by atoms with Crippen LogP contribution >= 0.6 is 0 Å². The van der Waals surface area contributed by atoms with Gasteiger partial charge in [-0.2, -0.15) is 0 Å². The monoisotopic (exact) mass is 379 g/mol. The second-order valence-electron chi connectivity index (χ2n) is 5.83. The Kier molecular flexibility index (Phi) is 6.69.